The highest BCUT2D eigenvalue weighted by molar-refractivity contribution is 6.00. The molecular weight excluding hydrogens is 256 g/mol. The van der Waals surface area contributed by atoms with E-state index in [2.05, 4.69) is 22.3 Å². The molecule has 20 heavy (non-hydrogen) atoms. The number of nitrogens with zero attached hydrogens (tertiary/aromatic N) is 4. The minimum absolute atomic E-state index is 0.214. The fourth-order valence-electron chi connectivity index (χ4n) is 2.87. The van der Waals surface area contributed by atoms with Crippen LogP contribution >= 0.6 is 0 Å². The standard InChI is InChI=1S/C14H18N4O2/c1-17-8-3-2-5-10(17)9-18-12-7-4-6-11(14(19)20)13(12)15-16-18/h4,6-7,10H,2-3,5,8-9H2,1H3,(H,19,20). The highest BCUT2D eigenvalue weighted by Crippen LogP contribution is 2.20. The first kappa shape index (κ1) is 13.1. The summed E-state index contributed by atoms with van der Waals surface area (Å²) in [5, 5.41) is 17.4. The summed E-state index contributed by atoms with van der Waals surface area (Å²) in [5.41, 5.74) is 1.48. The average molecular weight is 274 g/mol. The third-order valence-electron chi connectivity index (χ3n) is 4.08. The maximum absolute atomic E-state index is 11.2. The second-order valence-electron chi connectivity index (χ2n) is 5.38. The number of carboxylic acid groups (broad SMARTS) is 1. The number of likely N-dealkylation sites (tertiary alicyclic amines) is 1. The Bertz CT molecular complexity index is 637. The van der Waals surface area contributed by atoms with Gasteiger partial charge in [0.05, 0.1) is 17.6 Å². The summed E-state index contributed by atoms with van der Waals surface area (Å²) >= 11 is 0. The number of aromatic carboxylic acids is 1. The molecule has 1 aliphatic heterocycles. The quantitative estimate of drug-likeness (QED) is 0.920. The molecule has 1 saturated heterocycles. The van der Waals surface area contributed by atoms with Gasteiger partial charge in [0.25, 0.3) is 0 Å². The third-order valence-corrected chi connectivity index (χ3v) is 4.08. The van der Waals surface area contributed by atoms with Crippen molar-refractivity contribution in [2.75, 3.05) is 13.6 Å². The molecule has 0 radical (unpaired) electrons. The van der Waals surface area contributed by atoms with Crippen molar-refractivity contribution < 1.29 is 9.90 Å². The number of carboxylic acids is 1. The van der Waals surface area contributed by atoms with E-state index < -0.39 is 5.97 Å². The van der Waals surface area contributed by atoms with Crippen molar-refractivity contribution in [2.24, 2.45) is 0 Å². The van der Waals surface area contributed by atoms with Crippen LogP contribution in [0.1, 0.15) is 29.6 Å². The minimum Gasteiger partial charge on any atom is -0.478 e. The van der Waals surface area contributed by atoms with Crippen molar-refractivity contribution in [2.45, 2.75) is 31.8 Å². The van der Waals surface area contributed by atoms with E-state index >= 15 is 0 Å². The summed E-state index contributed by atoms with van der Waals surface area (Å²) in [6.07, 6.45) is 3.63. The van der Waals surface area contributed by atoms with Gasteiger partial charge in [0.2, 0.25) is 0 Å². The van der Waals surface area contributed by atoms with Gasteiger partial charge in [-0.3, -0.25) is 0 Å². The van der Waals surface area contributed by atoms with Crippen LogP contribution < -0.4 is 0 Å². The number of piperidine rings is 1. The SMILES string of the molecule is CN1CCCCC1Cn1nnc2c(C(=O)O)cccc21. The molecule has 1 atom stereocenters. The van der Waals surface area contributed by atoms with Crippen LogP contribution in [-0.4, -0.2) is 50.6 Å². The maximum atomic E-state index is 11.2. The van der Waals surface area contributed by atoms with E-state index in [4.69, 9.17) is 0 Å². The molecule has 1 aliphatic rings. The van der Waals surface area contributed by atoms with Gasteiger partial charge in [-0.1, -0.05) is 17.7 Å². The van der Waals surface area contributed by atoms with Gasteiger partial charge in [0.15, 0.2) is 0 Å². The van der Waals surface area contributed by atoms with Crippen LogP contribution in [0.3, 0.4) is 0 Å². The monoisotopic (exact) mass is 274 g/mol. The number of fused-ring (bicyclic) bond motifs is 1. The predicted octanol–water partition coefficient (Wildman–Crippen LogP) is 1.61. The zero-order chi connectivity index (χ0) is 14.1. The molecule has 106 valence electrons. The van der Waals surface area contributed by atoms with Crippen molar-refractivity contribution in [3.63, 3.8) is 0 Å². The lowest BCUT2D eigenvalue weighted by Crippen LogP contribution is -2.39. The predicted molar refractivity (Wildman–Crippen MR) is 74.8 cm³/mol. The van der Waals surface area contributed by atoms with Gasteiger partial charge < -0.3 is 10.0 Å². The van der Waals surface area contributed by atoms with E-state index in [1.54, 1.807) is 12.1 Å². The van der Waals surface area contributed by atoms with Crippen molar-refractivity contribution in [1.29, 1.82) is 0 Å². The summed E-state index contributed by atoms with van der Waals surface area (Å²) in [7, 11) is 2.13. The zero-order valence-corrected chi connectivity index (χ0v) is 11.5. The Balaban J connectivity index is 1.92. The molecule has 1 N–H and O–H groups in total. The van der Waals surface area contributed by atoms with Crippen LogP contribution in [0.4, 0.5) is 0 Å². The Kier molecular flexibility index (Phi) is 3.40. The molecule has 1 aromatic heterocycles. The van der Waals surface area contributed by atoms with E-state index in [1.807, 2.05) is 10.7 Å². The molecule has 0 spiro atoms. The number of likely N-dealkylation sites (N-methyl/N-ethyl adjacent to an activating group) is 1. The maximum Gasteiger partial charge on any atom is 0.338 e. The van der Waals surface area contributed by atoms with Crippen LogP contribution in [0, 0.1) is 0 Å². The van der Waals surface area contributed by atoms with E-state index in [0.717, 1.165) is 25.0 Å². The molecule has 2 aromatic rings. The first-order valence-corrected chi connectivity index (χ1v) is 6.92. The normalized spacial score (nSPS) is 20.4. The Labute approximate surface area is 117 Å². The van der Waals surface area contributed by atoms with Gasteiger partial charge in [0, 0.05) is 6.04 Å². The Morgan fingerprint density at radius 2 is 2.30 bits per heavy atom. The Morgan fingerprint density at radius 1 is 1.45 bits per heavy atom. The van der Waals surface area contributed by atoms with E-state index in [9.17, 15) is 9.90 Å². The van der Waals surface area contributed by atoms with Crippen LogP contribution in [0.15, 0.2) is 18.2 Å². The number of hydrogen-bond donors (Lipinski definition) is 1. The molecule has 1 aromatic carbocycles. The molecule has 1 fully saturated rings. The van der Waals surface area contributed by atoms with E-state index in [0.29, 0.717) is 11.6 Å². The third kappa shape index (κ3) is 2.27. The van der Waals surface area contributed by atoms with Crippen molar-refractivity contribution >= 4 is 17.0 Å². The molecule has 0 saturated carbocycles. The van der Waals surface area contributed by atoms with Crippen molar-refractivity contribution in [1.82, 2.24) is 19.9 Å². The molecule has 1 unspecified atom stereocenters. The molecule has 6 nitrogen and oxygen atoms in total. The second-order valence-corrected chi connectivity index (χ2v) is 5.38. The number of carbonyl (C=O) groups is 1. The van der Waals surface area contributed by atoms with Gasteiger partial charge in [-0.2, -0.15) is 0 Å². The Hall–Kier alpha value is -1.95. The van der Waals surface area contributed by atoms with Gasteiger partial charge in [-0.25, -0.2) is 9.48 Å². The molecule has 0 bridgehead atoms. The molecule has 6 heteroatoms. The van der Waals surface area contributed by atoms with Crippen molar-refractivity contribution in [3.8, 4) is 0 Å². The molecule has 3 rings (SSSR count). The lowest BCUT2D eigenvalue weighted by atomic mass is 10.0. The molecule has 0 aliphatic carbocycles. The Morgan fingerprint density at radius 3 is 3.05 bits per heavy atom. The topological polar surface area (TPSA) is 71.2 Å². The molecular formula is C14H18N4O2. The number of benzene rings is 1. The van der Waals surface area contributed by atoms with Gasteiger partial charge >= 0.3 is 5.97 Å². The fourth-order valence-corrected chi connectivity index (χ4v) is 2.87. The van der Waals surface area contributed by atoms with Crippen LogP contribution in [-0.2, 0) is 6.54 Å². The van der Waals surface area contributed by atoms with Crippen LogP contribution in [0.5, 0.6) is 0 Å². The first-order chi connectivity index (χ1) is 9.66. The number of rotatable bonds is 3. The number of hydrogen-bond acceptors (Lipinski definition) is 4. The summed E-state index contributed by atoms with van der Waals surface area (Å²) < 4.78 is 1.83. The first-order valence-electron chi connectivity index (χ1n) is 6.92. The molecule has 0 amide bonds. The lowest BCUT2D eigenvalue weighted by molar-refractivity contribution is 0.0699. The van der Waals surface area contributed by atoms with Crippen LogP contribution in [0.25, 0.3) is 11.0 Å². The average Bonchev–Trinajstić information content (AvgIpc) is 2.84. The van der Waals surface area contributed by atoms with Crippen LogP contribution in [0.2, 0.25) is 0 Å². The zero-order valence-electron chi connectivity index (χ0n) is 11.5. The second kappa shape index (κ2) is 5.20. The van der Waals surface area contributed by atoms with Gasteiger partial charge in [0.1, 0.15) is 5.52 Å². The summed E-state index contributed by atoms with van der Waals surface area (Å²) in [6.45, 7) is 1.87. The van der Waals surface area contributed by atoms with E-state index in [1.165, 1.54) is 12.8 Å². The summed E-state index contributed by atoms with van der Waals surface area (Å²) in [5.74, 6) is -0.961. The molecule has 2 heterocycles. The van der Waals surface area contributed by atoms with Gasteiger partial charge in [-0.05, 0) is 38.6 Å². The minimum atomic E-state index is -0.961. The van der Waals surface area contributed by atoms with E-state index in [-0.39, 0.29) is 5.56 Å². The number of aromatic nitrogens is 3. The van der Waals surface area contributed by atoms with Gasteiger partial charge in [-0.15, -0.1) is 5.10 Å². The van der Waals surface area contributed by atoms with Crippen molar-refractivity contribution in [3.05, 3.63) is 23.8 Å². The fraction of sp³-hybridized carbons (Fsp3) is 0.500. The lowest BCUT2D eigenvalue weighted by Gasteiger charge is -2.32. The highest BCUT2D eigenvalue weighted by Gasteiger charge is 2.21. The summed E-state index contributed by atoms with van der Waals surface area (Å²) in [4.78, 5) is 13.5. The smallest absolute Gasteiger partial charge is 0.338 e. The highest BCUT2D eigenvalue weighted by atomic mass is 16.4. The largest absolute Gasteiger partial charge is 0.478 e. The summed E-state index contributed by atoms with van der Waals surface area (Å²) in [6, 6.07) is 5.64.